The van der Waals surface area contributed by atoms with Crippen LogP contribution < -0.4 is 4.74 Å². The van der Waals surface area contributed by atoms with Gasteiger partial charge in [-0.25, -0.2) is 0 Å². The maximum absolute atomic E-state index is 10.5. The summed E-state index contributed by atoms with van der Waals surface area (Å²) in [5, 5.41) is 20.3. The number of nitro groups is 1. The summed E-state index contributed by atoms with van der Waals surface area (Å²) in [5.74, 6) is 0.533. The molecule has 2 rings (SSSR count). The molecule has 0 aliphatic carbocycles. The second-order valence-electron chi connectivity index (χ2n) is 4.72. The zero-order chi connectivity index (χ0) is 13.7. The van der Waals surface area contributed by atoms with Gasteiger partial charge in [0.15, 0.2) is 0 Å². The molecule has 1 saturated heterocycles. The number of β-amino-alcohol motifs (C(OH)–C–C–N with tert-alkyl or cyclic N) is 1. The zero-order valence-corrected chi connectivity index (χ0v) is 10.7. The molecule has 19 heavy (non-hydrogen) atoms. The van der Waals surface area contributed by atoms with Crippen molar-refractivity contribution in [1.82, 2.24) is 4.90 Å². The van der Waals surface area contributed by atoms with E-state index in [1.54, 1.807) is 12.1 Å². The molecule has 0 radical (unpaired) electrons. The summed E-state index contributed by atoms with van der Waals surface area (Å²) in [4.78, 5) is 12.3. The Hall–Kier alpha value is -1.66. The van der Waals surface area contributed by atoms with Gasteiger partial charge in [0.25, 0.3) is 5.69 Å². The van der Waals surface area contributed by atoms with E-state index in [0.29, 0.717) is 12.3 Å². The van der Waals surface area contributed by atoms with Crippen molar-refractivity contribution in [2.75, 3.05) is 26.2 Å². The number of hydrogen-bond acceptors (Lipinski definition) is 5. The largest absolute Gasteiger partial charge is 0.491 e. The molecule has 0 aromatic heterocycles. The summed E-state index contributed by atoms with van der Waals surface area (Å²) in [5.41, 5.74) is 0.0324. The van der Waals surface area contributed by atoms with Gasteiger partial charge in [-0.15, -0.1) is 0 Å². The van der Waals surface area contributed by atoms with Crippen molar-refractivity contribution in [2.45, 2.75) is 18.9 Å². The predicted molar refractivity (Wildman–Crippen MR) is 70.3 cm³/mol. The van der Waals surface area contributed by atoms with Gasteiger partial charge >= 0.3 is 0 Å². The fraction of sp³-hybridized carbons (Fsp3) is 0.538. The van der Waals surface area contributed by atoms with E-state index in [1.165, 1.54) is 25.0 Å². The first-order valence-corrected chi connectivity index (χ1v) is 6.43. The van der Waals surface area contributed by atoms with Gasteiger partial charge in [0.05, 0.1) is 4.92 Å². The Balaban J connectivity index is 1.76. The van der Waals surface area contributed by atoms with E-state index in [2.05, 4.69) is 4.90 Å². The highest BCUT2D eigenvalue weighted by Gasteiger charge is 2.16. The van der Waals surface area contributed by atoms with Crippen LogP contribution in [-0.4, -0.2) is 47.3 Å². The lowest BCUT2D eigenvalue weighted by atomic mass is 10.3. The van der Waals surface area contributed by atoms with E-state index in [-0.39, 0.29) is 12.3 Å². The van der Waals surface area contributed by atoms with Crippen LogP contribution in [0.2, 0.25) is 0 Å². The molecule has 0 amide bonds. The van der Waals surface area contributed by atoms with Gasteiger partial charge in [-0.2, -0.15) is 0 Å². The van der Waals surface area contributed by atoms with Gasteiger partial charge in [-0.1, -0.05) is 0 Å². The first-order valence-electron chi connectivity index (χ1n) is 6.43. The number of aliphatic hydroxyl groups is 1. The van der Waals surface area contributed by atoms with Gasteiger partial charge in [-0.05, 0) is 38.1 Å². The zero-order valence-electron chi connectivity index (χ0n) is 10.7. The molecule has 0 bridgehead atoms. The first kappa shape index (κ1) is 13.8. The van der Waals surface area contributed by atoms with E-state index < -0.39 is 11.0 Å². The Morgan fingerprint density at radius 3 is 2.53 bits per heavy atom. The number of aliphatic hydroxyl groups excluding tert-OH is 1. The van der Waals surface area contributed by atoms with Crippen molar-refractivity contribution in [3.8, 4) is 5.75 Å². The molecule has 1 atom stereocenters. The third-order valence-corrected chi connectivity index (χ3v) is 3.16. The molecular formula is C13H18N2O4. The van der Waals surface area contributed by atoms with Crippen molar-refractivity contribution in [1.29, 1.82) is 0 Å². The fourth-order valence-electron chi connectivity index (χ4n) is 2.17. The maximum Gasteiger partial charge on any atom is 0.269 e. The summed E-state index contributed by atoms with van der Waals surface area (Å²) >= 11 is 0. The molecular weight excluding hydrogens is 248 g/mol. The third kappa shape index (κ3) is 4.18. The second-order valence-corrected chi connectivity index (χ2v) is 4.72. The molecule has 0 saturated carbocycles. The highest BCUT2D eigenvalue weighted by Crippen LogP contribution is 2.17. The topological polar surface area (TPSA) is 75.8 Å². The quantitative estimate of drug-likeness (QED) is 0.622. The van der Waals surface area contributed by atoms with Crippen LogP contribution in [-0.2, 0) is 0 Å². The highest BCUT2D eigenvalue weighted by atomic mass is 16.6. The normalized spacial score (nSPS) is 17.3. The molecule has 1 aliphatic heterocycles. The molecule has 104 valence electrons. The van der Waals surface area contributed by atoms with Crippen molar-refractivity contribution < 1.29 is 14.8 Å². The highest BCUT2D eigenvalue weighted by molar-refractivity contribution is 5.35. The minimum absolute atomic E-state index is 0.0324. The Morgan fingerprint density at radius 1 is 1.32 bits per heavy atom. The number of likely N-dealkylation sites (tertiary alicyclic amines) is 1. The third-order valence-electron chi connectivity index (χ3n) is 3.16. The van der Waals surface area contributed by atoms with Crippen LogP contribution in [0, 0.1) is 10.1 Å². The molecule has 6 heteroatoms. The first-order chi connectivity index (χ1) is 9.15. The van der Waals surface area contributed by atoms with Crippen LogP contribution in [0.25, 0.3) is 0 Å². The average molecular weight is 266 g/mol. The van der Waals surface area contributed by atoms with E-state index in [1.807, 2.05) is 0 Å². The van der Waals surface area contributed by atoms with Crippen LogP contribution in [0.15, 0.2) is 24.3 Å². The van der Waals surface area contributed by atoms with Crippen molar-refractivity contribution >= 4 is 5.69 Å². The molecule has 1 N–H and O–H groups in total. The number of rotatable bonds is 6. The Kier molecular flexibility index (Phi) is 4.70. The Bertz CT molecular complexity index is 415. The number of hydrogen-bond donors (Lipinski definition) is 1. The van der Waals surface area contributed by atoms with Crippen LogP contribution in [0.4, 0.5) is 5.69 Å². The molecule has 1 aromatic carbocycles. The fourth-order valence-corrected chi connectivity index (χ4v) is 2.17. The van der Waals surface area contributed by atoms with Gasteiger partial charge in [-0.3, -0.25) is 10.1 Å². The number of non-ortho nitro benzene ring substituents is 1. The molecule has 1 aliphatic rings. The monoisotopic (exact) mass is 266 g/mol. The van der Waals surface area contributed by atoms with Crippen LogP contribution in [0.1, 0.15) is 12.8 Å². The minimum atomic E-state index is -0.534. The molecule has 1 fully saturated rings. The predicted octanol–water partition coefficient (Wildman–Crippen LogP) is 1.43. The summed E-state index contributed by atoms with van der Waals surface area (Å²) in [7, 11) is 0. The molecule has 1 aromatic rings. The lowest BCUT2D eigenvalue weighted by molar-refractivity contribution is -0.384. The molecule has 1 unspecified atom stereocenters. The SMILES string of the molecule is O=[N+]([O-])c1ccc(OCC(O)CN2CCCC2)cc1. The summed E-state index contributed by atoms with van der Waals surface area (Å²) in [6.45, 7) is 2.89. The van der Waals surface area contributed by atoms with E-state index >= 15 is 0 Å². The standard InChI is InChI=1S/C13H18N2O4/c16-12(9-14-7-1-2-8-14)10-19-13-5-3-11(4-6-13)15(17)18/h3-6,12,16H,1-2,7-10H2. The van der Waals surface area contributed by atoms with E-state index in [0.717, 1.165) is 13.1 Å². The molecule has 6 nitrogen and oxygen atoms in total. The minimum Gasteiger partial charge on any atom is -0.491 e. The second kappa shape index (κ2) is 6.49. The maximum atomic E-state index is 10.5. The van der Waals surface area contributed by atoms with Crippen LogP contribution in [0.5, 0.6) is 5.75 Å². The average Bonchev–Trinajstić information content (AvgIpc) is 2.89. The van der Waals surface area contributed by atoms with Crippen LogP contribution in [0.3, 0.4) is 0 Å². The number of nitro benzene ring substituents is 1. The molecule has 0 spiro atoms. The van der Waals surface area contributed by atoms with Crippen molar-refractivity contribution in [2.24, 2.45) is 0 Å². The van der Waals surface area contributed by atoms with Gasteiger partial charge in [0, 0.05) is 18.7 Å². The Morgan fingerprint density at radius 2 is 1.95 bits per heavy atom. The van der Waals surface area contributed by atoms with Gasteiger partial charge < -0.3 is 14.7 Å². The van der Waals surface area contributed by atoms with Crippen LogP contribution >= 0.6 is 0 Å². The smallest absolute Gasteiger partial charge is 0.269 e. The van der Waals surface area contributed by atoms with Gasteiger partial charge in [0.1, 0.15) is 18.5 Å². The summed E-state index contributed by atoms with van der Waals surface area (Å²) < 4.78 is 5.41. The number of nitrogens with zero attached hydrogens (tertiary/aromatic N) is 2. The lowest BCUT2D eigenvalue weighted by Crippen LogP contribution is -2.33. The number of benzene rings is 1. The molecule has 1 heterocycles. The van der Waals surface area contributed by atoms with Gasteiger partial charge in [0.2, 0.25) is 0 Å². The summed E-state index contributed by atoms with van der Waals surface area (Å²) in [6.07, 6.45) is 1.85. The van der Waals surface area contributed by atoms with E-state index in [4.69, 9.17) is 4.74 Å². The Labute approximate surface area is 111 Å². The number of ether oxygens (including phenoxy) is 1. The summed E-state index contributed by atoms with van der Waals surface area (Å²) in [6, 6.07) is 5.87. The van der Waals surface area contributed by atoms with Crippen molar-refractivity contribution in [3.05, 3.63) is 34.4 Å². The van der Waals surface area contributed by atoms with Crippen molar-refractivity contribution in [3.63, 3.8) is 0 Å². The lowest BCUT2D eigenvalue weighted by Gasteiger charge is -2.19. The van der Waals surface area contributed by atoms with E-state index in [9.17, 15) is 15.2 Å².